The summed E-state index contributed by atoms with van der Waals surface area (Å²) in [5.74, 6) is 0.638. The van der Waals surface area contributed by atoms with E-state index in [0.717, 1.165) is 19.3 Å². The van der Waals surface area contributed by atoms with Gasteiger partial charge in [0, 0.05) is 12.0 Å². The molecule has 1 aromatic heterocycles. The molecule has 2 rings (SSSR count). The van der Waals surface area contributed by atoms with Crippen molar-refractivity contribution in [2.24, 2.45) is 0 Å². The van der Waals surface area contributed by atoms with E-state index in [2.05, 4.69) is 11.9 Å². The zero-order chi connectivity index (χ0) is 17.5. The summed E-state index contributed by atoms with van der Waals surface area (Å²) in [5.41, 5.74) is 1.79. The highest BCUT2D eigenvalue weighted by Crippen LogP contribution is 2.34. The topological polar surface area (TPSA) is 59.2 Å². The van der Waals surface area contributed by atoms with Crippen molar-refractivity contribution in [2.75, 3.05) is 6.61 Å². The maximum absolute atomic E-state index is 12.9. The van der Waals surface area contributed by atoms with Crippen LogP contribution in [0.2, 0.25) is 0 Å². The van der Waals surface area contributed by atoms with Crippen molar-refractivity contribution in [1.82, 2.24) is 4.98 Å². The number of hydrogen-bond acceptors (Lipinski definition) is 3. The van der Waals surface area contributed by atoms with Gasteiger partial charge in [0.05, 0.1) is 18.0 Å². The number of hydrogen-bond donors (Lipinski definition) is 1. The van der Waals surface area contributed by atoms with Crippen LogP contribution in [0, 0.1) is 6.92 Å². The number of ether oxygens (including phenoxy) is 1. The largest absolute Gasteiger partial charge is 0.488 e. The Morgan fingerprint density at radius 1 is 1.08 bits per heavy atom. The fourth-order valence-corrected chi connectivity index (χ4v) is 3.68. The fraction of sp³-hybridized carbons (Fsp3) is 0.700. The summed E-state index contributed by atoms with van der Waals surface area (Å²) >= 11 is 0. The summed E-state index contributed by atoms with van der Waals surface area (Å²) in [5, 5.41) is 0. The first-order valence-electron chi connectivity index (χ1n) is 9.52. The summed E-state index contributed by atoms with van der Waals surface area (Å²) in [6.45, 7) is 6.35. The van der Waals surface area contributed by atoms with Gasteiger partial charge in [-0.15, -0.1) is 0 Å². The van der Waals surface area contributed by atoms with E-state index < -0.39 is 0 Å². The molecule has 1 heterocycles. The maximum atomic E-state index is 12.9. The van der Waals surface area contributed by atoms with E-state index >= 15 is 0 Å². The summed E-state index contributed by atoms with van der Waals surface area (Å²) in [6, 6.07) is 0. The number of Topliss-reactive ketones (excluding diaryl/α,β-unsaturated/α-hetero) is 1. The molecule has 0 spiro atoms. The highest BCUT2D eigenvalue weighted by molar-refractivity contribution is 5.97. The number of ketones is 1. The van der Waals surface area contributed by atoms with Gasteiger partial charge in [0.15, 0.2) is 11.5 Å². The first-order chi connectivity index (χ1) is 11.6. The molecule has 0 amide bonds. The molecule has 0 saturated heterocycles. The monoisotopic (exact) mass is 333 g/mol. The highest BCUT2D eigenvalue weighted by atomic mass is 16.5. The van der Waals surface area contributed by atoms with Crippen LogP contribution >= 0.6 is 0 Å². The van der Waals surface area contributed by atoms with Crippen LogP contribution in [0.15, 0.2) is 4.79 Å². The zero-order valence-electron chi connectivity index (χ0n) is 15.4. The van der Waals surface area contributed by atoms with Crippen LogP contribution in [0.1, 0.15) is 99.3 Å². The SMILES string of the molecule is CCCCCCCCC1CCC(=O)c2[nH]c(C)c(OCC)c(=O)c21. The van der Waals surface area contributed by atoms with Crippen molar-refractivity contribution in [1.29, 1.82) is 0 Å². The molecule has 4 heteroatoms. The van der Waals surface area contributed by atoms with Crippen LogP contribution in [0.25, 0.3) is 0 Å². The third kappa shape index (κ3) is 4.28. The van der Waals surface area contributed by atoms with Crippen molar-refractivity contribution < 1.29 is 9.53 Å². The molecule has 134 valence electrons. The molecule has 0 saturated carbocycles. The zero-order valence-corrected chi connectivity index (χ0v) is 15.4. The number of fused-ring (bicyclic) bond motifs is 1. The van der Waals surface area contributed by atoms with Gasteiger partial charge in [0.1, 0.15) is 0 Å². The number of aromatic amines is 1. The molecule has 0 bridgehead atoms. The predicted octanol–water partition coefficient (Wildman–Crippen LogP) is 4.89. The van der Waals surface area contributed by atoms with Crippen LogP contribution in [-0.4, -0.2) is 17.4 Å². The molecule has 1 aliphatic rings. The lowest BCUT2D eigenvalue weighted by Crippen LogP contribution is -2.28. The molecular formula is C20H31NO3. The second-order valence-corrected chi connectivity index (χ2v) is 6.85. The quantitative estimate of drug-likeness (QED) is 0.654. The second kappa shape index (κ2) is 9.05. The number of rotatable bonds is 9. The van der Waals surface area contributed by atoms with Crippen LogP contribution in [0.5, 0.6) is 5.75 Å². The van der Waals surface area contributed by atoms with E-state index in [1.807, 2.05) is 6.92 Å². The first-order valence-corrected chi connectivity index (χ1v) is 9.52. The van der Waals surface area contributed by atoms with Crippen LogP contribution < -0.4 is 10.2 Å². The number of aromatic nitrogens is 1. The van der Waals surface area contributed by atoms with Crippen LogP contribution in [0.3, 0.4) is 0 Å². The van der Waals surface area contributed by atoms with Crippen molar-refractivity contribution in [3.05, 3.63) is 27.2 Å². The minimum absolute atomic E-state index is 0.0624. The van der Waals surface area contributed by atoms with Crippen LogP contribution in [-0.2, 0) is 0 Å². The van der Waals surface area contributed by atoms with E-state index in [1.165, 1.54) is 32.1 Å². The molecule has 4 nitrogen and oxygen atoms in total. The van der Waals surface area contributed by atoms with E-state index in [9.17, 15) is 9.59 Å². The van der Waals surface area contributed by atoms with Crippen molar-refractivity contribution >= 4 is 5.78 Å². The number of nitrogens with one attached hydrogen (secondary N) is 1. The van der Waals surface area contributed by atoms with Gasteiger partial charge in [-0.25, -0.2) is 0 Å². The van der Waals surface area contributed by atoms with E-state index in [1.54, 1.807) is 6.92 Å². The number of H-pyrrole nitrogens is 1. The maximum Gasteiger partial charge on any atom is 0.227 e. The number of aryl methyl sites for hydroxylation is 1. The Kier molecular flexibility index (Phi) is 7.07. The fourth-order valence-electron chi connectivity index (χ4n) is 3.68. The minimum atomic E-state index is -0.0767. The summed E-state index contributed by atoms with van der Waals surface area (Å²) < 4.78 is 5.53. The van der Waals surface area contributed by atoms with Crippen molar-refractivity contribution in [3.8, 4) is 5.75 Å². The smallest absolute Gasteiger partial charge is 0.227 e. The van der Waals surface area contributed by atoms with Crippen molar-refractivity contribution in [2.45, 2.75) is 84.5 Å². The molecule has 0 aromatic carbocycles. The van der Waals surface area contributed by atoms with Crippen molar-refractivity contribution in [3.63, 3.8) is 0 Å². The Labute approximate surface area is 145 Å². The van der Waals surface area contributed by atoms with E-state index in [-0.39, 0.29) is 17.1 Å². The summed E-state index contributed by atoms with van der Waals surface area (Å²) in [4.78, 5) is 28.2. The van der Waals surface area contributed by atoms with Gasteiger partial charge in [-0.3, -0.25) is 9.59 Å². The molecular weight excluding hydrogens is 302 g/mol. The normalized spacial score (nSPS) is 17.0. The third-order valence-corrected chi connectivity index (χ3v) is 4.98. The predicted molar refractivity (Wildman–Crippen MR) is 97.3 cm³/mol. The van der Waals surface area contributed by atoms with Gasteiger partial charge in [0.2, 0.25) is 5.43 Å². The molecule has 0 fully saturated rings. The second-order valence-electron chi connectivity index (χ2n) is 6.85. The molecule has 1 N–H and O–H groups in total. The molecule has 1 atom stereocenters. The molecule has 0 aliphatic heterocycles. The number of carbonyl (C=O) groups excluding carboxylic acids is 1. The number of unbranched alkanes of at least 4 members (excludes halogenated alkanes) is 5. The number of carbonyl (C=O) groups is 1. The minimum Gasteiger partial charge on any atom is -0.488 e. The van der Waals surface area contributed by atoms with Gasteiger partial charge < -0.3 is 9.72 Å². The lowest BCUT2D eigenvalue weighted by atomic mass is 9.81. The summed E-state index contributed by atoms with van der Waals surface area (Å²) in [7, 11) is 0. The van der Waals surface area contributed by atoms with Gasteiger partial charge >= 0.3 is 0 Å². The molecule has 1 aliphatic carbocycles. The number of pyridine rings is 1. The van der Waals surface area contributed by atoms with Gasteiger partial charge in [-0.2, -0.15) is 0 Å². The third-order valence-electron chi connectivity index (χ3n) is 4.98. The van der Waals surface area contributed by atoms with Gasteiger partial charge in [-0.05, 0) is 32.6 Å². The van der Waals surface area contributed by atoms with Crippen LogP contribution in [0.4, 0.5) is 0 Å². The molecule has 1 unspecified atom stereocenters. The van der Waals surface area contributed by atoms with E-state index in [0.29, 0.717) is 35.7 Å². The van der Waals surface area contributed by atoms with Gasteiger partial charge in [-0.1, -0.05) is 45.4 Å². The average Bonchev–Trinajstić information content (AvgIpc) is 2.56. The Hall–Kier alpha value is -1.58. The Balaban J connectivity index is 2.14. The lowest BCUT2D eigenvalue weighted by Gasteiger charge is -2.25. The van der Waals surface area contributed by atoms with Gasteiger partial charge in [0.25, 0.3) is 0 Å². The molecule has 0 radical (unpaired) electrons. The Morgan fingerprint density at radius 3 is 2.50 bits per heavy atom. The highest BCUT2D eigenvalue weighted by Gasteiger charge is 2.30. The summed E-state index contributed by atoms with van der Waals surface area (Å²) in [6.07, 6.45) is 9.77. The van der Waals surface area contributed by atoms with E-state index in [4.69, 9.17) is 4.74 Å². The molecule has 24 heavy (non-hydrogen) atoms. The lowest BCUT2D eigenvalue weighted by molar-refractivity contribution is 0.0959. The Morgan fingerprint density at radius 2 is 1.79 bits per heavy atom. The molecule has 1 aromatic rings. The Bertz CT molecular complexity index is 618. The average molecular weight is 333 g/mol. The standard InChI is InChI=1S/C20H31NO3/c1-4-6-7-8-9-10-11-15-12-13-16(22)18-17(15)19(23)20(24-5-2)14(3)21-18/h15H,4-13H2,1-3H3,(H,21,23). The first kappa shape index (κ1) is 18.8.